The first-order chi connectivity index (χ1) is 14.6. The number of fused-ring (bicyclic) bond motifs is 5. The predicted octanol–water partition coefficient (Wildman–Crippen LogP) is 4.87. The van der Waals surface area contributed by atoms with E-state index in [0.29, 0.717) is 30.1 Å². The average Bonchev–Trinajstić information content (AvgIpc) is 3.08. The SMILES string of the molecule is CC1CCC(C(C)C2CCC3C4=CC(=O)C5CC(O)CCC5(C)C4CCC32C)OC1O. The van der Waals surface area contributed by atoms with Crippen molar-refractivity contribution in [1.29, 1.82) is 0 Å². The van der Waals surface area contributed by atoms with E-state index >= 15 is 0 Å². The molecule has 11 atom stereocenters. The van der Waals surface area contributed by atoms with Crippen LogP contribution in [0.2, 0.25) is 0 Å². The van der Waals surface area contributed by atoms with E-state index in [2.05, 4.69) is 27.7 Å². The molecule has 0 radical (unpaired) electrons. The molecule has 2 N–H and O–H groups in total. The van der Waals surface area contributed by atoms with Crippen molar-refractivity contribution in [2.45, 2.75) is 104 Å². The van der Waals surface area contributed by atoms with Crippen molar-refractivity contribution in [3.05, 3.63) is 11.6 Å². The highest BCUT2D eigenvalue weighted by atomic mass is 16.6. The van der Waals surface area contributed by atoms with Crippen LogP contribution >= 0.6 is 0 Å². The summed E-state index contributed by atoms with van der Waals surface area (Å²) in [6.45, 7) is 9.24. The number of hydrogen-bond acceptors (Lipinski definition) is 4. The number of aliphatic hydroxyl groups excluding tert-OH is 2. The van der Waals surface area contributed by atoms with E-state index in [-0.39, 0.29) is 40.7 Å². The van der Waals surface area contributed by atoms with E-state index in [9.17, 15) is 15.0 Å². The molecule has 0 aromatic heterocycles. The van der Waals surface area contributed by atoms with Crippen molar-refractivity contribution in [1.82, 2.24) is 0 Å². The highest BCUT2D eigenvalue weighted by Gasteiger charge is 2.60. The standard InChI is InChI=1S/C27H42O4/c1-15-5-8-24(31-25(15)30)16(2)19-6-7-20-18-14-23(29)22-13-17(28)9-11-27(22,4)21(18)10-12-26(19,20)3/h14-17,19-22,24-25,28,30H,5-13H2,1-4H3. The van der Waals surface area contributed by atoms with Gasteiger partial charge in [0.15, 0.2) is 12.1 Å². The van der Waals surface area contributed by atoms with Crippen LogP contribution < -0.4 is 0 Å². The van der Waals surface area contributed by atoms with Gasteiger partial charge in [0.25, 0.3) is 0 Å². The third-order valence-electron chi connectivity index (χ3n) is 10.9. The highest BCUT2D eigenvalue weighted by molar-refractivity contribution is 5.94. The summed E-state index contributed by atoms with van der Waals surface area (Å²) in [6, 6.07) is 0. The fraction of sp³-hybridized carbons (Fsp3) is 0.889. The lowest BCUT2D eigenvalue weighted by molar-refractivity contribution is -0.209. The van der Waals surface area contributed by atoms with Crippen molar-refractivity contribution in [3.8, 4) is 0 Å². The molecule has 0 aromatic rings. The zero-order chi connectivity index (χ0) is 22.1. The van der Waals surface area contributed by atoms with Gasteiger partial charge in [-0.05, 0) is 98.4 Å². The molecule has 4 aliphatic carbocycles. The van der Waals surface area contributed by atoms with Crippen molar-refractivity contribution in [2.24, 2.45) is 46.3 Å². The van der Waals surface area contributed by atoms with Gasteiger partial charge in [0.05, 0.1) is 12.2 Å². The molecule has 1 heterocycles. The minimum atomic E-state index is -0.626. The summed E-state index contributed by atoms with van der Waals surface area (Å²) in [7, 11) is 0. The normalized spacial score (nSPS) is 53.2. The van der Waals surface area contributed by atoms with Crippen LogP contribution in [-0.4, -0.2) is 34.5 Å². The quantitative estimate of drug-likeness (QED) is 0.656. The van der Waals surface area contributed by atoms with Gasteiger partial charge in [-0.2, -0.15) is 0 Å². The van der Waals surface area contributed by atoms with E-state index < -0.39 is 6.29 Å². The van der Waals surface area contributed by atoms with E-state index in [4.69, 9.17) is 4.74 Å². The van der Waals surface area contributed by atoms with Crippen molar-refractivity contribution in [2.75, 3.05) is 0 Å². The van der Waals surface area contributed by atoms with E-state index in [1.54, 1.807) is 0 Å². The molecule has 1 saturated heterocycles. The van der Waals surface area contributed by atoms with Crippen LogP contribution in [0, 0.1) is 46.3 Å². The maximum Gasteiger partial charge on any atom is 0.159 e. The van der Waals surface area contributed by atoms with Crippen LogP contribution in [0.1, 0.15) is 85.5 Å². The molecule has 5 aliphatic rings. The summed E-state index contributed by atoms with van der Waals surface area (Å²) >= 11 is 0. The zero-order valence-corrected chi connectivity index (χ0v) is 19.8. The van der Waals surface area contributed by atoms with Crippen LogP contribution in [0.3, 0.4) is 0 Å². The maximum atomic E-state index is 13.2. The first-order valence-electron chi connectivity index (χ1n) is 12.9. The Morgan fingerprint density at radius 2 is 1.68 bits per heavy atom. The molecular formula is C27H42O4. The molecule has 0 amide bonds. The van der Waals surface area contributed by atoms with E-state index in [1.165, 1.54) is 31.3 Å². The lowest BCUT2D eigenvalue weighted by Crippen LogP contribution is -2.53. The molecule has 1 aliphatic heterocycles. The second kappa shape index (κ2) is 7.67. The zero-order valence-electron chi connectivity index (χ0n) is 19.8. The van der Waals surface area contributed by atoms with Gasteiger partial charge < -0.3 is 14.9 Å². The molecular weight excluding hydrogens is 388 g/mol. The first kappa shape index (κ1) is 22.1. The smallest absolute Gasteiger partial charge is 0.159 e. The second-order valence-electron chi connectivity index (χ2n) is 12.3. The molecule has 4 fully saturated rings. The van der Waals surface area contributed by atoms with Gasteiger partial charge in [0, 0.05) is 11.8 Å². The molecule has 11 unspecified atom stereocenters. The largest absolute Gasteiger partial charge is 0.393 e. The van der Waals surface area contributed by atoms with Gasteiger partial charge in [-0.3, -0.25) is 4.79 Å². The molecule has 31 heavy (non-hydrogen) atoms. The van der Waals surface area contributed by atoms with E-state index in [1.807, 2.05) is 6.08 Å². The van der Waals surface area contributed by atoms with Crippen molar-refractivity contribution < 1.29 is 19.7 Å². The Labute approximate surface area is 187 Å². The number of ketones is 1. The van der Waals surface area contributed by atoms with Crippen molar-refractivity contribution >= 4 is 5.78 Å². The summed E-state index contributed by atoms with van der Waals surface area (Å²) in [5.74, 6) is 2.53. The molecule has 0 aromatic carbocycles. The molecule has 0 spiro atoms. The Kier molecular flexibility index (Phi) is 5.47. The first-order valence-corrected chi connectivity index (χ1v) is 12.9. The number of allylic oxidation sites excluding steroid dienone is 2. The Balaban J connectivity index is 1.40. The molecule has 4 heteroatoms. The summed E-state index contributed by atoms with van der Waals surface area (Å²) in [5, 5.41) is 20.5. The maximum absolute atomic E-state index is 13.2. The van der Waals surface area contributed by atoms with Crippen LogP contribution in [0.4, 0.5) is 0 Å². The van der Waals surface area contributed by atoms with Gasteiger partial charge in [-0.15, -0.1) is 0 Å². The summed E-state index contributed by atoms with van der Waals surface area (Å²) in [6.07, 6.45) is 10.6. The van der Waals surface area contributed by atoms with Crippen LogP contribution in [0.15, 0.2) is 11.6 Å². The fourth-order valence-electron chi connectivity index (χ4n) is 8.84. The average molecular weight is 431 g/mol. The molecule has 174 valence electrons. The highest BCUT2D eigenvalue weighted by Crippen LogP contribution is 2.66. The Bertz CT molecular complexity index is 760. The van der Waals surface area contributed by atoms with Crippen LogP contribution in [0.25, 0.3) is 0 Å². The fourth-order valence-corrected chi connectivity index (χ4v) is 8.84. The van der Waals surface area contributed by atoms with Crippen molar-refractivity contribution in [3.63, 3.8) is 0 Å². The van der Waals surface area contributed by atoms with Gasteiger partial charge >= 0.3 is 0 Å². The minimum absolute atomic E-state index is 0.00426. The van der Waals surface area contributed by atoms with Gasteiger partial charge in [0.2, 0.25) is 0 Å². The molecule has 0 bridgehead atoms. The number of carbonyl (C=O) groups is 1. The van der Waals surface area contributed by atoms with Crippen LogP contribution in [-0.2, 0) is 9.53 Å². The predicted molar refractivity (Wildman–Crippen MR) is 120 cm³/mol. The molecule has 4 nitrogen and oxygen atoms in total. The second-order valence-corrected chi connectivity index (χ2v) is 12.3. The number of rotatable bonds is 2. The lowest BCUT2D eigenvalue weighted by atomic mass is 9.47. The molecule has 5 rings (SSSR count). The number of ether oxygens (including phenoxy) is 1. The summed E-state index contributed by atoms with van der Waals surface area (Å²) < 4.78 is 6.08. The topological polar surface area (TPSA) is 66.8 Å². The summed E-state index contributed by atoms with van der Waals surface area (Å²) in [4.78, 5) is 13.2. The monoisotopic (exact) mass is 430 g/mol. The van der Waals surface area contributed by atoms with Crippen LogP contribution in [0.5, 0.6) is 0 Å². The minimum Gasteiger partial charge on any atom is -0.393 e. The third kappa shape index (κ3) is 3.30. The van der Waals surface area contributed by atoms with E-state index in [0.717, 1.165) is 25.7 Å². The number of hydrogen-bond donors (Lipinski definition) is 2. The Morgan fingerprint density at radius 3 is 2.42 bits per heavy atom. The molecule has 3 saturated carbocycles. The Morgan fingerprint density at radius 1 is 0.968 bits per heavy atom. The summed E-state index contributed by atoms with van der Waals surface area (Å²) in [5.41, 5.74) is 1.69. The van der Waals surface area contributed by atoms with Gasteiger partial charge in [-0.1, -0.05) is 33.3 Å². The van der Waals surface area contributed by atoms with Gasteiger partial charge in [0.1, 0.15) is 0 Å². The Hall–Kier alpha value is -0.710. The number of carbonyl (C=O) groups excluding carboxylic acids is 1. The third-order valence-corrected chi connectivity index (χ3v) is 10.9. The lowest BCUT2D eigenvalue weighted by Gasteiger charge is -2.57. The van der Waals surface area contributed by atoms with Gasteiger partial charge in [-0.25, -0.2) is 0 Å². The number of aliphatic hydroxyl groups is 2.